The Bertz CT molecular complexity index is 3020. The summed E-state index contributed by atoms with van der Waals surface area (Å²) in [5.74, 6) is 4.95. The van der Waals surface area contributed by atoms with E-state index in [1.54, 1.807) is 0 Å². The largest absolute Gasteiger partial charge is 0.456 e. The Labute approximate surface area is 494 Å². The Kier molecular flexibility index (Phi) is 16.4. The highest BCUT2D eigenvalue weighted by atomic mass is 16.7. The lowest BCUT2D eigenvalue weighted by atomic mass is 9.73. The van der Waals surface area contributed by atoms with Crippen molar-refractivity contribution in [3.8, 4) is 90.5 Å². The first-order valence-electron chi connectivity index (χ1n) is 31.1. The van der Waals surface area contributed by atoms with E-state index in [0.29, 0.717) is 0 Å². The number of pyridine rings is 4. The summed E-state index contributed by atoms with van der Waals surface area (Å²) >= 11 is 0. The van der Waals surface area contributed by atoms with E-state index in [1.807, 2.05) is 73.8 Å². The summed E-state index contributed by atoms with van der Waals surface area (Å²) in [7, 11) is 0. The molecule has 5 aliphatic rings. The Hall–Kier alpha value is -8.12. The molecule has 0 amide bonds. The van der Waals surface area contributed by atoms with Crippen molar-refractivity contribution in [3.63, 3.8) is 0 Å². The van der Waals surface area contributed by atoms with Crippen molar-refractivity contribution in [3.05, 3.63) is 167 Å². The van der Waals surface area contributed by atoms with Gasteiger partial charge < -0.3 is 37.9 Å². The van der Waals surface area contributed by atoms with Crippen molar-refractivity contribution in [2.75, 3.05) is 27.2 Å². The van der Waals surface area contributed by atoms with Gasteiger partial charge in [-0.2, -0.15) is 0 Å². The highest BCUT2D eigenvalue weighted by Crippen LogP contribution is 2.62. The smallest absolute Gasteiger partial charge is 0.230 e. The van der Waals surface area contributed by atoms with E-state index in [4.69, 9.17) is 57.8 Å². The van der Waals surface area contributed by atoms with Gasteiger partial charge in [-0.25, -0.2) is 0 Å². The number of rotatable bonds is 20. The van der Waals surface area contributed by atoms with Gasteiger partial charge in [0.15, 0.2) is 0 Å². The zero-order valence-corrected chi connectivity index (χ0v) is 49.1. The molecule has 12 heteroatoms. The molecule has 0 radical (unpaired) electrons. The lowest BCUT2D eigenvalue weighted by Gasteiger charge is -2.38. The lowest BCUT2D eigenvalue weighted by Crippen LogP contribution is -2.24. The van der Waals surface area contributed by atoms with E-state index >= 15 is 0 Å². The molecular weight excluding hydrogens is 1050 g/mol. The lowest BCUT2D eigenvalue weighted by molar-refractivity contribution is 0.101. The molecule has 84 heavy (non-hydrogen) atoms. The van der Waals surface area contributed by atoms with Gasteiger partial charge in [-0.05, 0) is 74.2 Å². The zero-order chi connectivity index (χ0) is 56.9. The van der Waals surface area contributed by atoms with Gasteiger partial charge >= 0.3 is 0 Å². The van der Waals surface area contributed by atoms with Crippen LogP contribution in [0.5, 0.6) is 46.0 Å². The minimum Gasteiger partial charge on any atom is -0.456 e. The van der Waals surface area contributed by atoms with Crippen LogP contribution in [0.2, 0.25) is 0 Å². The van der Waals surface area contributed by atoms with Crippen molar-refractivity contribution in [2.45, 2.75) is 154 Å². The van der Waals surface area contributed by atoms with E-state index in [2.05, 4.69) is 76.2 Å². The molecule has 0 spiro atoms. The van der Waals surface area contributed by atoms with E-state index in [0.717, 1.165) is 238 Å². The second-order valence-corrected chi connectivity index (χ2v) is 23.1. The maximum Gasteiger partial charge on any atom is 0.230 e. The fraction of sp³-hybridized carbons (Fsp3) is 0.389. The highest BCUT2D eigenvalue weighted by molar-refractivity contribution is 5.88. The molecule has 4 aliphatic heterocycles. The molecule has 1 aliphatic carbocycles. The molecule has 13 rings (SSSR count). The number of hydrogen-bond donors (Lipinski definition) is 0. The van der Waals surface area contributed by atoms with E-state index in [9.17, 15) is 0 Å². The Morgan fingerprint density at radius 1 is 0.298 bits per heavy atom. The van der Waals surface area contributed by atoms with Gasteiger partial charge in [0.1, 0.15) is 46.0 Å². The molecular formula is C72H76N4O8. The fourth-order valence-electron chi connectivity index (χ4n) is 14.1. The topological polar surface area (TPSA) is 125 Å². The van der Waals surface area contributed by atoms with Gasteiger partial charge in [0.25, 0.3) is 0 Å². The third-order valence-electron chi connectivity index (χ3n) is 18.0. The molecule has 4 aromatic carbocycles. The molecule has 0 atom stereocenters. The minimum atomic E-state index is -0.214. The number of ether oxygens (including phenoxy) is 8. The van der Waals surface area contributed by atoms with Gasteiger partial charge in [0.05, 0.1) is 22.3 Å². The molecule has 8 heterocycles. The van der Waals surface area contributed by atoms with Gasteiger partial charge in [0, 0.05) is 140 Å². The van der Waals surface area contributed by atoms with Crippen molar-refractivity contribution in [1.29, 1.82) is 0 Å². The van der Waals surface area contributed by atoms with Gasteiger partial charge in [-0.1, -0.05) is 129 Å². The summed E-state index contributed by atoms with van der Waals surface area (Å²) < 4.78 is 57.9. The summed E-state index contributed by atoms with van der Waals surface area (Å²) in [6, 6.07) is 26.3. The van der Waals surface area contributed by atoms with Gasteiger partial charge in [-0.3, -0.25) is 19.9 Å². The van der Waals surface area contributed by atoms with Crippen LogP contribution in [0.15, 0.2) is 122 Å². The Morgan fingerprint density at radius 3 is 0.667 bits per heavy atom. The standard InChI is InChI=1S/C72H76N4O8/c1-5-9-13-25-49-53-33-55-50(26-14-10-6-2)57-35-59-52(28-16-12-8-4)60-36-58-51(27-15-11-7-3)56-34-54(49)66-62(46-22-18-30-74-38-46)68(56)80-43-82-70(58)64(48-24-20-32-76-40-48)72(60)84-44-83-71(59)63(47-23-19-31-75-39-47)69(57)81-42-79-67(55)61(65(53)77-41-78-66)45-21-17-29-73-37-45/h17-24,29-40,49-52H,5-16,25-28,41-44H2,1-4H3. The highest BCUT2D eigenvalue weighted by Gasteiger charge is 2.42. The first-order valence-corrected chi connectivity index (χ1v) is 31.1. The number of hydrogen-bond acceptors (Lipinski definition) is 12. The Balaban J connectivity index is 1.25. The molecule has 4 aromatic heterocycles. The first-order chi connectivity index (χ1) is 41.6. The quantitative estimate of drug-likeness (QED) is 0.0675. The number of aromatic nitrogens is 4. The molecule has 0 saturated heterocycles. The summed E-state index contributed by atoms with van der Waals surface area (Å²) in [5, 5.41) is 0. The predicted octanol–water partition coefficient (Wildman–Crippen LogP) is 18.0. The third kappa shape index (κ3) is 10.2. The van der Waals surface area contributed by atoms with Crippen LogP contribution in [0, 0.1) is 0 Å². The van der Waals surface area contributed by atoms with Crippen molar-refractivity contribution >= 4 is 0 Å². The molecule has 432 valence electrons. The van der Waals surface area contributed by atoms with Gasteiger partial charge in [0.2, 0.25) is 27.2 Å². The van der Waals surface area contributed by atoms with Crippen LogP contribution in [0.25, 0.3) is 44.5 Å². The average Bonchev–Trinajstić information content (AvgIpc) is 1.14. The molecule has 0 fully saturated rings. The second-order valence-electron chi connectivity index (χ2n) is 23.1. The van der Waals surface area contributed by atoms with Crippen LogP contribution < -0.4 is 37.9 Å². The van der Waals surface area contributed by atoms with Crippen LogP contribution in [-0.4, -0.2) is 47.1 Å². The average molecular weight is 1130 g/mol. The molecule has 0 N–H and O–H groups in total. The summed E-state index contributed by atoms with van der Waals surface area (Å²) in [6.45, 7) is 8.78. The van der Waals surface area contributed by atoms with Crippen LogP contribution in [0.4, 0.5) is 0 Å². The predicted molar refractivity (Wildman–Crippen MR) is 327 cm³/mol. The van der Waals surface area contributed by atoms with Crippen LogP contribution >= 0.6 is 0 Å². The van der Waals surface area contributed by atoms with Gasteiger partial charge in [-0.15, -0.1) is 0 Å². The summed E-state index contributed by atoms with van der Waals surface area (Å²) in [4.78, 5) is 19.1. The summed E-state index contributed by atoms with van der Waals surface area (Å²) in [5.41, 5.74) is 15.6. The number of unbranched alkanes of at least 4 members (excludes halogenated alkanes) is 8. The van der Waals surface area contributed by atoms with Crippen molar-refractivity contribution in [2.24, 2.45) is 0 Å². The molecule has 12 nitrogen and oxygen atoms in total. The SMILES string of the molecule is CCCCCC1c2cc3c4c(-c5cccnc5)c2OCOc2c1cc1c(c2-c2cccnc2)OCOc2c(cc5c(c2-c2cccnc2)OCOc2c(cc(c(c2-c2cccnc2)OCO4)C3CCCCC)C5CCCCC)C1CCCCC. The number of benzene rings is 4. The monoisotopic (exact) mass is 1120 g/mol. The second kappa shape index (κ2) is 25.0. The fourth-order valence-corrected chi connectivity index (χ4v) is 14.1. The van der Waals surface area contributed by atoms with E-state index < -0.39 is 0 Å². The molecule has 8 aromatic rings. The zero-order valence-electron chi connectivity index (χ0n) is 49.1. The van der Waals surface area contributed by atoms with E-state index in [1.165, 1.54) is 0 Å². The first kappa shape index (κ1) is 55.1. The maximum absolute atomic E-state index is 7.24. The Morgan fingerprint density at radius 2 is 0.500 bits per heavy atom. The molecule has 0 saturated carbocycles. The normalized spacial score (nSPS) is 17.7. The van der Waals surface area contributed by atoms with Crippen LogP contribution in [0.3, 0.4) is 0 Å². The molecule has 0 unspecified atom stereocenters. The van der Waals surface area contributed by atoms with Crippen LogP contribution in [-0.2, 0) is 0 Å². The summed E-state index contributed by atoms with van der Waals surface area (Å²) in [6.07, 6.45) is 30.7. The van der Waals surface area contributed by atoms with Crippen molar-refractivity contribution in [1.82, 2.24) is 19.9 Å². The van der Waals surface area contributed by atoms with Crippen LogP contribution in [0.1, 0.15) is 199 Å². The molecule has 8 bridgehead atoms. The third-order valence-corrected chi connectivity index (χ3v) is 18.0. The van der Waals surface area contributed by atoms with E-state index in [-0.39, 0.29) is 50.8 Å². The minimum absolute atomic E-state index is 0.0844. The van der Waals surface area contributed by atoms with Crippen molar-refractivity contribution < 1.29 is 37.9 Å². The maximum atomic E-state index is 7.24. The number of nitrogens with zero attached hydrogens (tertiary/aromatic N) is 4.